The molecule has 1 aromatic carbocycles. The van der Waals surface area contributed by atoms with Crippen molar-refractivity contribution >= 4 is 10.0 Å². The van der Waals surface area contributed by atoms with Gasteiger partial charge in [-0.2, -0.15) is 4.31 Å². The quantitative estimate of drug-likeness (QED) is 0.737. The minimum atomic E-state index is -3.52. The van der Waals surface area contributed by atoms with E-state index in [-0.39, 0.29) is 17.4 Å². The van der Waals surface area contributed by atoms with Crippen molar-refractivity contribution in [1.82, 2.24) is 4.31 Å². The highest BCUT2D eigenvalue weighted by Crippen LogP contribution is 2.53. The standard InChI is InChI=1S/C21H31NO2S/c1-13(2)19-10-17-11-21(6,7)18(17)12-22(19)25(23,24)20-15(4)8-14(3)9-16(20)5/h8-10,13,18-19H,11-12H2,1-7H3/t18-,19+/m0/s1. The first-order chi connectivity index (χ1) is 11.4. The number of fused-ring (bicyclic) bond motifs is 1. The summed E-state index contributed by atoms with van der Waals surface area (Å²) in [5.74, 6) is 0.612. The number of nitrogens with zero attached hydrogens (tertiary/aromatic N) is 1. The molecule has 138 valence electrons. The second-order valence-corrected chi connectivity index (χ2v) is 10.8. The molecular weight excluding hydrogens is 330 g/mol. The van der Waals surface area contributed by atoms with Crippen molar-refractivity contribution in [2.24, 2.45) is 17.3 Å². The van der Waals surface area contributed by atoms with Crippen LogP contribution in [-0.2, 0) is 10.0 Å². The Morgan fingerprint density at radius 1 is 1.12 bits per heavy atom. The average molecular weight is 362 g/mol. The zero-order valence-electron chi connectivity index (χ0n) is 16.6. The molecule has 3 rings (SSSR count). The van der Waals surface area contributed by atoms with Crippen LogP contribution in [0.2, 0.25) is 0 Å². The molecule has 1 heterocycles. The van der Waals surface area contributed by atoms with Crippen molar-refractivity contribution in [1.29, 1.82) is 0 Å². The van der Waals surface area contributed by atoms with E-state index in [0.717, 1.165) is 23.1 Å². The van der Waals surface area contributed by atoms with Gasteiger partial charge in [-0.1, -0.05) is 57.0 Å². The SMILES string of the molecule is Cc1cc(C)c(S(=O)(=O)N2C[C@H]3C(=C[C@@H]2C(C)C)CC3(C)C)c(C)c1. The minimum Gasteiger partial charge on any atom is -0.207 e. The molecule has 3 nitrogen and oxygen atoms in total. The Labute approximate surface area is 153 Å². The van der Waals surface area contributed by atoms with Gasteiger partial charge in [0.2, 0.25) is 10.0 Å². The fourth-order valence-electron chi connectivity index (χ4n) is 4.76. The number of rotatable bonds is 3. The van der Waals surface area contributed by atoms with E-state index >= 15 is 0 Å². The molecule has 1 fully saturated rings. The Kier molecular flexibility index (Phi) is 4.44. The van der Waals surface area contributed by atoms with Crippen LogP contribution in [0, 0.1) is 38.0 Å². The molecular formula is C21H31NO2S. The van der Waals surface area contributed by atoms with E-state index in [1.54, 1.807) is 4.31 Å². The fraction of sp³-hybridized carbons (Fsp3) is 0.619. The number of hydrogen-bond donors (Lipinski definition) is 0. The molecule has 4 heteroatoms. The van der Waals surface area contributed by atoms with Gasteiger partial charge < -0.3 is 0 Å². The third-order valence-electron chi connectivity index (χ3n) is 5.98. The maximum atomic E-state index is 13.6. The first kappa shape index (κ1) is 18.7. The van der Waals surface area contributed by atoms with Crippen LogP contribution in [0.3, 0.4) is 0 Å². The van der Waals surface area contributed by atoms with Crippen molar-refractivity contribution in [3.63, 3.8) is 0 Å². The van der Waals surface area contributed by atoms with Crippen molar-refractivity contribution in [2.75, 3.05) is 6.54 Å². The summed E-state index contributed by atoms with van der Waals surface area (Å²) < 4.78 is 29.1. The summed E-state index contributed by atoms with van der Waals surface area (Å²) >= 11 is 0. The van der Waals surface area contributed by atoms with Crippen LogP contribution in [0.5, 0.6) is 0 Å². The lowest BCUT2D eigenvalue weighted by Gasteiger charge is -2.53. The average Bonchev–Trinajstić information content (AvgIpc) is 2.43. The molecule has 1 aliphatic carbocycles. The molecule has 25 heavy (non-hydrogen) atoms. The Hall–Kier alpha value is -1.13. The molecule has 1 aromatic rings. The first-order valence-corrected chi connectivity index (χ1v) is 10.7. The van der Waals surface area contributed by atoms with Gasteiger partial charge in [0.15, 0.2) is 0 Å². The summed E-state index contributed by atoms with van der Waals surface area (Å²) in [5.41, 5.74) is 4.45. The van der Waals surface area contributed by atoms with Gasteiger partial charge in [-0.05, 0) is 55.6 Å². The van der Waals surface area contributed by atoms with Crippen molar-refractivity contribution in [3.8, 4) is 0 Å². The fourth-order valence-corrected chi connectivity index (χ4v) is 6.90. The Balaban J connectivity index is 2.10. The van der Waals surface area contributed by atoms with E-state index in [1.807, 2.05) is 32.9 Å². The monoisotopic (exact) mass is 361 g/mol. The van der Waals surface area contributed by atoms with Crippen LogP contribution < -0.4 is 0 Å². The molecule has 0 bridgehead atoms. The summed E-state index contributed by atoms with van der Waals surface area (Å²) in [4.78, 5) is 0.498. The van der Waals surface area contributed by atoms with Crippen molar-refractivity contribution in [2.45, 2.75) is 65.8 Å². The predicted molar refractivity (Wildman–Crippen MR) is 103 cm³/mol. The van der Waals surface area contributed by atoms with Crippen molar-refractivity contribution in [3.05, 3.63) is 40.5 Å². The molecule has 1 aliphatic heterocycles. The van der Waals surface area contributed by atoms with Crippen LogP contribution in [0.15, 0.2) is 28.7 Å². The molecule has 2 aliphatic rings. The molecule has 0 aromatic heterocycles. The normalized spacial score (nSPS) is 26.2. The molecule has 2 atom stereocenters. The molecule has 1 saturated carbocycles. The topological polar surface area (TPSA) is 37.4 Å². The molecule has 0 N–H and O–H groups in total. The largest absolute Gasteiger partial charge is 0.244 e. The summed E-state index contributed by atoms with van der Waals surface area (Å²) in [6, 6.07) is 3.90. The maximum absolute atomic E-state index is 13.6. The van der Waals surface area contributed by atoms with E-state index in [1.165, 1.54) is 5.57 Å². The molecule has 0 unspecified atom stereocenters. The number of hydrogen-bond acceptors (Lipinski definition) is 2. The second kappa shape index (κ2) is 5.95. The van der Waals surface area contributed by atoms with Gasteiger partial charge >= 0.3 is 0 Å². The van der Waals surface area contributed by atoms with E-state index in [4.69, 9.17) is 0 Å². The Bertz CT molecular complexity index is 810. The highest BCUT2D eigenvalue weighted by molar-refractivity contribution is 7.89. The van der Waals surface area contributed by atoms with Crippen LogP contribution in [0.1, 0.15) is 50.8 Å². The molecule has 0 saturated heterocycles. The zero-order chi connectivity index (χ0) is 18.7. The van der Waals surface area contributed by atoms with E-state index in [9.17, 15) is 8.42 Å². The highest BCUT2D eigenvalue weighted by atomic mass is 32.2. The van der Waals surface area contributed by atoms with Gasteiger partial charge in [0, 0.05) is 12.6 Å². The van der Waals surface area contributed by atoms with E-state index < -0.39 is 10.0 Å². The third-order valence-corrected chi connectivity index (χ3v) is 8.15. The minimum absolute atomic E-state index is 0.0487. The summed E-state index contributed by atoms with van der Waals surface area (Å²) in [6.07, 6.45) is 3.33. The number of aryl methyl sites for hydroxylation is 3. The van der Waals surface area contributed by atoms with Gasteiger partial charge in [0.05, 0.1) is 4.90 Å². The molecule has 0 amide bonds. The highest BCUT2D eigenvalue weighted by Gasteiger charge is 2.50. The summed E-state index contributed by atoms with van der Waals surface area (Å²) in [5, 5.41) is 0. The predicted octanol–water partition coefficient (Wildman–Crippen LogP) is 4.61. The molecule has 0 radical (unpaired) electrons. The Morgan fingerprint density at radius 2 is 1.68 bits per heavy atom. The lowest BCUT2D eigenvalue weighted by Crippen LogP contribution is -2.55. The summed E-state index contributed by atoms with van der Waals surface area (Å²) in [7, 11) is -3.52. The van der Waals surface area contributed by atoms with Crippen LogP contribution in [0.4, 0.5) is 0 Å². The molecule has 0 spiro atoms. The summed E-state index contributed by atoms with van der Waals surface area (Å²) in [6.45, 7) is 15.2. The van der Waals surface area contributed by atoms with Gasteiger partial charge in [0.1, 0.15) is 0 Å². The van der Waals surface area contributed by atoms with Gasteiger partial charge in [-0.15, -0.1) is 0 Å². The van der Waals surface area contributed by atoms with Crippen molar-refractivity contribution < 1.29 is 8.42 Å². The van der Waals surface area contributed by atoms with E-state index in [0.29, 0.717) is 17.4 Å². The second-order valence-electron chi connectivity index (χ2n) is 9.00. The third kappa shape index (κ3) is 2.97. The van der Waals surface area contributed by atoms with Crippen LogP contribution in [0.25, 0.3) is 0 Å². The first-order valence-electron chi connectivity index (χ1n) is 9.25. The van der Waals surface area contributed by atoms with Crippen LogP contribution >= 0.6 is 0 Å². The number of benzene rings is 1. The Morgan fingerprint density at radius 3 is 2.16 bits per heavy atom. The van der Waals surface area contributed by atoms with Gasteiger partial charge in [-0.25, -0.2) is 8.42 Å². The smallest absolute Gasteiger partial charge is 0.207 e. The van der Waals surface area contributed by atoms with Gasteiger partial charge in [-0.3, -0.25) is 0 Å². The lowest BCUT2D eigenvalue weighted by molar-refractivity contribution is 0.0966. The maximum Gasteiger partial charge on any atom is 0.244 e. The van der Waals surface area contributed by atoms with E-state index in [2.05, 4.69) is 33.8 Å². The zero-order valence-corrected chi connectivity index (χ0v) is 17.4. The lowest BCUT2D eigenvalue weighted by atomic mass is 9.57. The number of sulfonamides is 1. The van der Waals surface area contributed by atoms with Gasteiger partial charge in [0.25, 0.3) is 0 Å². The van der Waals surface area contributed by atoms with Crippen LogP contribution in [-0.4, -0.2) is 25.3 Å².